The fourth-order valence-electron chi connectivity index (χ4n) is 2.14. The minimum atomic E-state index is -3.18. The Bertz CT molecular complexity index is 179. The summed E-state index contributed by atoms with van der Waals surface area (Å²) in [6.07, 6.45) is 1.15. The van der Waals surface area contributed by atoms with E-state index in [1.54, 1.807) is 0 Å². The van der Waals surface area contributed by atoms with Gasteiger partial charge in [-0.05, 0) is 38.0 Å². The second-order valence-electron chi connectivity index (χ2n) is 3.97. The van der Waals surface area contributed by atoms with Crippen molar-refractivity contribution in [3.63, 3.8) is 0 Å². The third-order valence-electron chi connectivity index (χ3n) is 3.10. The van der Waals surface area contributed by atoms with Crippen molar-refractivity contribution in [3.8, 4) is 0 Å². The Labute approximate surface area is 83.9 Å². The molecule has 14 heavy (non-hydrogen) atoms. The Balaban J connectivity index is 2.70. The van der Waals surface area contributed by atoms with Crippen LogP contribution in [0.2, 0.25) is 0 Å². The summed E-state index contributed by atoms with van der Waals surface area (Å²) in [6.45, 7) is 5.10. The highest BCUT2D eigenvalue weighted by atomic mass is 19.3. The summed E-state index contributed by atoms with van der Waals surface area (Å²) in [5, 5.41) is 0. The van der Waals surface area contributed by atoms with Crippen LogP contribution in [-0.4, -0.2) is 12.1 Å². The van der Waals surface area contributed by atoms with Crippen LogP contribution in [0.4, 0.5) is 13.2 Å². The van der Waals surface area contributed by atoms with Crippen molar-refractivity contribution in [1.82, 2.24) is 0 Å². The molecule has 82 valence electrons. The molecule has 0 aromatic rings. The summed E-state index contributed by atoms with van der Waals surface area (Å²) in [6, 6.07) is 0. The summed E-state index contributed by atoms with van der Waals surface area (Å²) in [5.41, 5.74) is 0. The van der Waals surface area contributed by atoms with E-state index in [9.17, 15) is 13.2 Å². The molecule has 0 N–H and O–H groups in total. The molecule has 0 saturated heterocycles. The molecule has 1 fully saturated rings. The predicted molar refractivity (Wildman–Crippen MR) is 50.6 cm³/mol. The van der Waals surface area contributed by atoms with Gasteiger partial charge in [0, 0.05) is 5.92 Å². The van der Waals surface area contributed by atoms with Gasteiger partial charge < -0.3 is 0 Å². The van der Waals surface area contributed by atoms with Crippen LogP contribution in [-0.2, 0) is 0 Å². The highest BCUT2D eigenvalue weighted by molar-refractivity contribution is 4.97. The SMILES string of the molecule is [CH2]CC1C[CH]CC1C(F)(F)C(F)CC. The lowest BCUT2D eigenvalue weighted by Gasteiger charge is -2.30. The molecule has 0 nitrogen and oxygen atoms in total. The molecule has 0 amide bonds. The third-order valence-corrected chi connectivity index (χ3v) is 3.10. The smallest absolute Gasteiger partial charge is 0.241 e. The highest BCUT2D eigenvalue weighted by Crippen LogP contribution is 2.46. The molecule has 2 radical (unpaired) electrons. The summed E-state index contributed by atoms with van der Waals surface area (Å²) in [4.78, 5) is 0. The molecule has 0 bridgehead atoms. The van der Waals surface area contributed by atoms with Gasteiger partial charge in [-0.1, -0.05) is 13.8 Å². The van der Waals surface area contributed by atoms with E-state index in [2.05, 4.69) is 6.92 Å². The summed E-state index contributed by atoms with van der Waals surface area (Å²) in [7, 11) is 0. The fourth-order valence-corrected chi connectivity index (χ4v) is 2.14. The molecule has 0 aromatic carbocycles. The normalized spacial score (nSPS) is 30.6. The van der Waals surface area contributed by atoms with Crippen LogP contribution in [0.1, 0.15) is 32.6 Å². The van der Waals surface area contributed by atoms with Crippen LogP contribution in [0, 0.1) is 25.2 Å². The number of alkyl halides is 3. The van der Waals surface area contributed by atoms with E-state index >= 15 is 0 Å². The van der Waals surface area contributed by atoms with Crippen LogP contribution in [0.15, 0.2) is 0 Å². The molecular weight excluding hydrogens is 189 g/mol. The van der Waals surface area contributed by atoms with E-state index < -0.39 is 18.0 Å². The first-order valence-corrected chi connectivity index (χ1v) is 5.16. The van der Waals surface area contributed by atoms with E-state index in [-0.39, 0.29) is 12.3 Å². The highest BCUT2D eigenvalue weighted by Gasteiger charge is 2.50. The number of rotatable bonds is 4. The second kappa shape index (κ2) is 4.54. The van der Waals surface area contributed by atoms with Gasteiger partial charge >= 0.3 is 0 Å². The van der Waals surface area contributed by atoms with E-state index in [4.69, 9.17) is 0 Å². The van der Waals surface area contributed by atoms with Gasteiger partial charge in [0.2, 0.25) is 0 Å². The first-order valence-electron chi connectivity index (χ1n) is 5.16. The first kappa shape index (κ1) is 11.9. The van der Waals surface area contributed by atoms with Crippen molar-refractivity contribution >= 4 is 0 Å². The molecule has 0 spiro atoms. The molecule has 1 aliphatic rings. The fraction of sp³-hybridized carbons (Fsp3) is 0.818. The van der Waals surface area contributed by atoms with Crippen LogP contribution < -0.4 is 0 Å². The van der Waals surface area contributed by atoms with E-state index in [1.807, 2.05) is 6.42 Å². The number of hydrogen-bond acceptors (Lipinski definition) is 0. The molecule has 3 atom stereocenters. The van der Waals surface area contributed by atoms with Crippen molar-refractivity contribution in [2.75, 3.05) is 0 Å². The summed E-state index contributed by atoms with van der Waals surface area (Å²) in [5.74, 6) is -4.16. The number of halogens is 3. The maximum atomic E-state index is 13.5. The third kappa shape index (κ3) is 2.06. The minimum absolute atomic E-state index is 0.118. The maximum absolute atomic E-state index is 13.5. The monoisotopic (exact) mass is 206 g/mol. The zero-order valence-electron chi connectivity index (χ0n) is 8.48. The van der Waals surface area contributed by atoms with Gasteiger partial charge in [0.15, 0.2) is 6.17 Å². The van der Waals surface area contributed by atoms with Crippen molar-refractivity contribution < 1.29 is 13.2 Å². The van der Waals surface area contributed by atoms with Gasteiger partial charge in [-0.3, -0.25) is 0 Å². The van der Waals surface area contributed by atoms with Crippen molar-refractivity contribution in [2.45, 2.75) is 44.7 Å². The summed E-state index contributed by atoms with van der Waals surface area (Å²) >= 11 is 0. The predicted octanol–water partition coefficient (Wildman–Crippen LogP) is 3.82. The van der Waals surface area contributed by atoms with Gasteiger partial charge in [0.25, 0.3) is 5.92 Å². The Morgan fingerprint density at radius 2 is 2.14 bits per heavy atom. The van der Waals surface area contributed by atoms with E-state index in [1.165, 1.54) is 6.92 Å². The zero-order chi connectivity index (χ0) is 10.8. The Kier molecular flexibility index (Phi) is 3.85. The lowest BCUT2D eigenvalue weighted by atomic mass is 9.85. The molecule has 0 aromatic heterocycles. The maximum Gasteiger partial charge on any atom is 0.281 e. The Morgan fingerprint density at radius 1 is 1.50 bits per heavy atom. The quantitative estimate of drug-likeness (QED) is 0.655. The Hall–Kier alpha value is -0.210. The van der Waals surface area contributed by atoms with Crippen LogP contribution in [0.25, 0.3) is 0 Å². The largest absolute Gasteiger partial charge is 0.281 e. The first-order chi connectivity index (χ1) is 6.54. The Morgan fingerprint density at radius 3 is 2.64 bits per heavy atom. The van der Waals surface area contributed by atoms with Gasteiger partial charge in [0.05, 0.1) is 0 Å². The molecule has 3 unspecified atom stereocenters. The summed E-state index contributed by atoms with van der Waals surface area (Å²) < 4.78 is 40.2. The molecule has 0 aliphatic heterocycles. The lowest BCUT2D eigenvalue weighted by Crippen LogP contribution is -2.39. The average Bonchev–Trinajstić information content (AvgIpc) is 2.64. The van der Waals surface area contributed by atoms with Crippen molar-refractivity contribution in [2.24, 2.45) is 11.8 Å². The lowest BCUT2D eigenvalue weighted by molar-refractivity contribution is -0.129. The van der Waals surface area contributed by atoms with Crippen molar-refractivity contribution in [1.29, 1.82) is 0 Å². The van der Waals surface area contributed by atoms with Gasteiger partial charge in [-0.15, -0.1) is 0 Å². The molecule has 3 heteroatoms. The standard InChI is InChI=1S/C11H17F3/c1-3-8-6-5-7-9(8)11(13,14)10(12)4-2/h5,8-10H,1,3-4,6-7H2,2H3. The molecule has 1 aliphatic carbocycles. The van der Waals surface area contributed by atoms with Crippen molar-refractivity contribution in [3.05, 3.63) is 13.3 Å². The van der Waals surface area contributed by atoms with Crippen LogP contribution in [0.3, 0.4) is 0 Å². The minimum Gasteiger partial charge on any atom is -0.241 e. The van der Waals surface area contributed by atoms with E-state index in [0.29, 0.717) is 19.3 Å². The topological polar surface area (TPSA) is 0 Å². The van der Waals surface area contributed by atoms with Gasteiger partial charge in [0.1, 0.15) is 0 Å². The van der Waals surface area contributed by atoms with Gasteiger partial charge in [-0.25, -0.2) is 13.2 Å². The molecule has 0 heterocycles. The van der Waals surface area contributed by atoms with Crippen LogP contribution in [0.5, 0.6) is 0 Å². The average molecular weight is 206 g/mol. The van der Waals surface area contributed by atoms with E-state index in [0.717, 1.165) is 0 Å². The van der Waals surface area contributed by atoms with Gasteiger partial charge in [-0.2, -0.15) is 0 Å². The second-order valence-corrected chi connectivity index (χ2v) is 3.97. The molecular formula is C11H17F3. The molecule has 1 saturated carbocycles. The zero-order valence-corrected chi connectivity index (χ0v) is 8.48. The molecule has 1 rings (SSSR count). The number of hydrogen-bond donors (Lipinski definition) is 0. The van der Waals surface area contributed by atoms with Crippen LogP contribution >= 0.6 is 0 Å².